The van der Waals surface area contributed by atoms with Crippen LogP contribution in [0.15, 0.2) is 89.8 Å². The second kappa shape index (κ2) is 10.2. The summed E-state index contributed by atoms with van der Waals surface area (Å²) in [6, 6.07) is 23.9. The second-order valence-electron chi connectivity index (χ2n) is 7.19. The lowest BCUT2D eigenvalue weighted by Crippen LogP contribution is -2.39. The van der Waals surface area contributed by atoms with E-state index in [2.05, 4.69) is 5.32 Å². The minimum absolute atomic E-state index is 0.0536. The largest absolute Gasteiger partial charge is 0.445 e. The van der Waals surface area contributed by atoms with Gasteiger partial charge in [0, 0.05) is 0 Å². The quantitative estimate of drug-likeness (QED) is 0.512. The lowest BCUT2D eigenvalue weighted by molar-refractivity contribution is 0.118. The van der Waals surface area contributed by atoms with Gasteiger partial charge < -0.3 is 10.1 Å². The van der Waals surface area contributed by atoms with Crippen molar-refractivity contribution < 1.29 is 22.1 Å². The zero-order valence-electron chi connectivity index (χ0n) is 17.4. The molecule has 1 unspecified atom stereocenters. The fraction of sp³-hybridized carbons (Fsp3) is 0.208. The Morgan fingerprint density at radius 1 is 0.903 bits per heavy atom. The molecule has 1 N–H and O–H groups in total. The molecule has 0 fully saturated rings. The zero-order valence-corrected chi connectivity index (χ0v) is 18.2. The Bertz CT molecular complexity index is 1080. The van der Waals surface area contributed by atoms with E-state index in [9.17, 15) is 13.2 Å². The first-order valence-electron chi connectivity index (χ1n) is 9.87. The predicted molar refractivity (Wildman–Crippen MR) is 118 cm³/mol. The number of aryl methyl sites for hydroxylation is 1. The van der Waals surface area contributed by atoms with Gasteiger partial charge in [0.2, 0.25) is 0 Å². The molecule has 0 aliphatic carbocycles. The molecule has 162 valence electrons. The van der Waals surface area contributed by atoms with Crippen molar-refractivity contribution in [2.45, 2.75) is 37.5 Å². The van der Waals surface area contributed by atoms with Crippen LogP contribution >= 0.6 is 0 Å². The van der Waals surface area contributed by atoms with Crippen molar-refractivity contribution >= 4 is 16.2 Å². The molecule has 7 heteroatoms. The van der Waals surface area contributed by atoms with E-state index in [4.69, 9.17) is 8.92 Å². The van der Waals surface area contributed by atoms with Crippen LogP contribution in [0.4, 0.5) is 4.79 Å². The third-order valence-electron chi connectivity index (χ3n) is 4.68. The molecule has 0 aromatic heterocycles. The van der Waals surface area contributed by atoms with Gasteiger partial charge >= 0.3 is 6.09 Å². The molecular weight excluding hydrogens is 414 g/mol. The highest BCUT2D eigenvalue weighted by Gasteiger charge is 2.29. The van der Waals surface area contributed by atoms with Crippen LogP contribution in [0.2, 0.25) is 0 Å². The van der Waals surface area contributed by atoms with Gasteiger partial charge in [-0.15, -0.1) is 0 Å². The molecule has 0 aliphatic heterocycles. The van der Waals surface area contributed by atoms with Crippen LogP contribution in [-0.4, -0.2) is 20.6 Å². The molecule has 3 aromatic rings. The summed E-state index contributed by atoms with van der Waals surface area (Å²) in [6.45, 7) is 3.65. The summed E-state index contributed by atoms with van der Waals surface area (Å²) >= 11 is 0. The fourth-order valence-corrected chi connectivity index (χ4v) is 4.12. The molecule has 0 heterocycles. The van der Waals surface area contributed by atoms with Crippen LogP contribution in [0.1, 0.15) is 29.7 Å². The molecule has 0 bridgehead atoms. The van der Waals surface area contributed by atoms with Crippen molar-refractivity contribution in [2.24, 2.45) is 0 Å². The molecule has 1 amide bonds. The van der Waals surface area contributed by atoms with E-state index >= 15 is 0 Å². The number of hydrogen-bond donors (Lipinski definition) is 1. The molecule has 0 radical (unpaired) electrons. The zero-order chi connectivity index (χ0) is 22.3. The summed E-state index contributed by atoms with van der Waals surface area (Å²) in [6.07, 6.45) is -1.59. The third-order valence-corrected chi connectivity index (χ3v) is 5.99. The minimum atomic E-state index is -4.05. The predicted octanol–water partition coefficient (Wildman–Crippen LogP) is 4.76. The molecular formula is C24H25NO5S. The Morgan fingerprint density at radius 3 is 2.10 bits per heavy atom. The van der Waals surface area contributed by atoms with Gasteiger partial charge in [0.15, 0.2) is 0 Å². The van der Waals surface area contributed by atoms with Crippen LogP contribution < -0.4 is 5.32 Å². The van der Waals surface area contributed by atoms with Crippen molar-refractivity contribution in [1.82, 2.24) is 5.32 Å². The van der Waals surface area contributed by atoms with Gasteiger partial charge in [-0.25, -0.2) is 4.79 Å². The van der Waals surface area contributed by atoms with Gasteiger partial charge in [0.05, 0.1) is 10.9 Å². The van der Waals surface area contributed by atoms with Gasteiger partial charge in [-0.2, -0.15) is 8.42 Å². The Hall–Kier alpha value is -3.16. The monoisotopic (exact) mass is 439 g/mol. The van der Waals surface area contributed by atoms with Crippen LogP contribution in [0.5, 0.6) is 0 Å². The number of nitrogens with one attached hydrogen (secondary N) is 1. The van der Waals surface area contributed by atoms with Crippen molar-refractivity contribution in [3.05, 3.63) is 102 Å². The van der Waals surface area contributed by atoms with E-state index in [1.807, 2.05) is 43.3 Å². The molecule has 0 saturated carbocycles. The summed E-state index contributed by atoms with van der Waals surface area (Å²) in [5, 5.41) is 2.68. The minimum Gasteiger partial charge on any atom is -0.445 e. The number of alkyl carbamates (subject to hydrolysis) is 1. The Kier molecular flexibility index (Phi) is 7.44. The highest BCUT2D eigenvalue weighted by atomic mass is 32.2. The summed E-state index contributed by atoms with van der Waals surface area (Å²) in [7, 11) is -4.05. The smallest absolute Gasteiger partial charge is 0.407 e. The summed E-state index contributed by atoms with van der Waals surface area (Å²) in [4.78, 5) is 12.4. The van der Waals surface area contributed by atoms with Crippen molar-refractivity contribution in [1.29, 1.82) is 0 Å². The van der Waals surface area contributed by atoms with E-state index in [-0.39, 0.29) is 11.5 Å². The Labute approximate surface area is 183 Å². The fourth-order valence-electron chi connectivity index (χ4n) is 2.99. The van der Waals surface area contributed by atoms with E-state index < -0.39 is 28.4 Å². The standard InChI is InChI=1S/C24H25NO5S/c1-18-13-15-22(16-14-18)31(27,28)30-23(21-11-7-4-8-12-21)19(2)25-24(26)29-17-20-9-5-3-6-10-20/h3-16,19,23H,17H2,1-2H3,(H,25,26)/t19-,23?/m0/s1. The molecule has 0 aliphatic rings. The van der Waals surface area contributed by atoms with E-state index in [0.717, 1.165) is 11.1 Å². The number of ether oxygens (including phenoxy) is 1. The maximum absolute atomic E-state index is 12.9. The maximum atomic E-state index is 12.9. The SMILES string of the molecule is Cc1ccc(S(=O)(=O)OC(c2ccccc2)[C@H](C)NC(=O)OCc2ccccc2)cc1. The summed E-state index contributed by atoms with van der Waals surface area (Å²) in [5.74, 6) is 0. The van der Waals surface area contributed by atoms with E-state index in [1.165, 1.54) is 12.1 Å². The average molecular weight is 440 g/mol. The van der Waals surface area contributed by atoms with Crippen LogP contribution in [0, 0.1) is 6.92 Å². The van der Waals surface area contributed by atoms with E-state index in [0.29, 0.717) is 5.56 Å². The number of carbonyl (C=O) groups excluding carboxylic acids is 1. The van der Waals surface area contributed by atoms with Gasteiger partial charge in [0.25, 0.3) is 10.1 Å². The van der Waals surface area contributed by atoms with Gasteiger partial charge in [-0.05, 0) is 37.1 Å². The number of hydrogen-bond acceptors (Lipinski definition) is 5. The molecule has 0 spiro atoms. The van der Waals surface area contributed by atoms with Crippen molar-refractivity contribution in [3.8, 4) is 0 Å². The second-order valence-corrected chi connectivity index (χ2v) is 8.76. The van der Waals surface area contributed by atoms with Gasteiger partial charge in [0.1, 0.15) is 12.7 Å². The summed E-state index contributed by atoms with van der Waals surface area (Å²) in [5.41, 5.74) is 2.41. The van der Waals surface area contributed by atoms with Crippen LogP contribution in [0.3, 0.4) is 0 Å². The van der Waals surface area contributed by atoms with Crippen molar-refractivity contribution in [2.75, 3.05) is 0 Å². The lowest BCUT2D eigenvalue weighted by Gasteiger charge is -2.25. The van der Waals surface area contributed by atoms with Crippen LogP contribution in [-0.2, 0) is 25.6 Å². The molecule has 2 atom stereocenters. The van der Waals surface area contributed by atoms with Crippen molar-refractivity contribution in [3.63, 3.8) is 0 Å². The van der Waals surface area contributed by atoms with Crippen LogP contribution in [0.25, 0.3) is 0 Å². The lowest BCUT2D eigenvalue weighted by atomic mass is 10.0. The topological polar surface area (TPSA) is 81.7 Å². The highest BCUT2D eigenvalue weighted by Crippen LogP contribution is 2.27. The maximum Gasteiger partial charge on any atom is 0.407 e. The molecule has 6 nitrogen and oxygen atoms in total. The average Bonchev–Trinajstić information content (AvgIpc) is 2.77. The number of amides is 1. The number of rotatable bonds is 8. The van der Waals surface area contributed by atoms with Gasteiger partial charge in [-0.3, -0.25) is 4.18 Å². The first-order chi connectivity index (χ1) is 14.8. The molecule has 3 aromatic carbocycles. The first-order valence-corrected chi connectivity index (χ1v) is 11.3. The molecule has 3 rings (SSSR count). The molecule has 31 heavy (non-hydrogen) atoms. The Morgan fingerprint density at radius 2 is 1.48 bits per heavy atom. The third kappa shape index (κ3) is 6.41. The first kappa shape index (κ1) is 22.5. The number of carbonyl (C=O) groups is 1. The number of benzene rings is 3. The normalized spacial score (nSPS) is 13.2. The molecule has 0 saturated heterocycles. The summed E-state index contributed by atoms with van der Waals surface area (Å²) < 4.78 is 36.6. The van der Waals surface area contributed by atoms with Gasteiger partial charge in [-0.1, -0.05) is 78.4 Å². The highest BCUT2D eigenvalue weighted by molar-refractivity contribution is 7.86. The van der Waals surface area contributed by atoms with E-state index in [1.54, 1.807) is 43.3 Å². The Balaban J connectivity index is 1.74.